The molecule has 8 nitrogen and oxygen atoms in total. The van der Waals surface area contributed by atoms with Crippen molar-refractivity contribution in [1.29, 1.82) is 0 Å². The summed E-state index contributed by atoms with van der Waals surface area (Å²) in [6, 6.07) is 18.1. The van der Waals surface area contributed by atoms with Crippen molar-refractivity contribution >= 4 is 44.8 Å². The number of nitro groups is 1. The number of non-ortho nitro benzene ring substituents is 1. The van der Waals surface area contributed by atoms with E-state index in [9.17, 15) is 19.7 Å². The van der Waals surface area contributed by atoms with Gasteiger partial charge in [0.05, 0.1) is 39.8 Å². The molecule has 3 aromatic heterocycles. The van der Waals surface area contributed by atoms with Crippen molar-refractivity contribution in [3.8, 4) is 0 Å². The van der Waals surface area contributed by atoms with Crippen LogP contribution in [0.5, 0.6) is 0 Å². The molecule has 0 N–H and O–H groups in total. The molecule has 0 amide bonds. The lowest BCUT2D eigenvalue weighted by atomic mass is 10.1. The minimum atomic E-state index is -0.571. The van der Waals surface area contributed by atoms with Crippen molar-refractivity contribution in [2.45, 2.75) is 0 Å². The van der Waals surface area contributed by atoms with Crippen LogP contribution in [-0.2, 0) is 4.74 Å². The van der Waals surface area contributed by atoms with E-state index in [1.807, 2.05) is 30.3 Å². The van der Waals surface area contributed by atoms with Gasteiger partial charge in [-0.15, -0.1) is 0 Å². The molecule has 0 fully saturated rings. The summed E-state index contributed by atoms with van der Waals surface area (Å²) in [4.78, 5) is 40.9. The van der Waals surface area contributed by atoms with Crippen LogP contribution in [0, 0.1) is 10.1 Å². The molecule has 0 atom stereocenters. The van der Waals surface area contributed by atoms with E-state index in [2.05, 4.69) is 4.98 Å². The van der Waals surface area contributed by atoms with Crippen LogP contribution in [0.15, 0.2) is 72.9 Å². The van der Waals surface area contributed by atoms with Crippen LogP contribution < -0.4 is 0 Å². The summed E-state index contributed by atoms with van der Waals surface area (Å²) in [5.41, 5.74) is 2.49. The molecule has 0 radical (unpaired) electrons. The Morgan fingerprint density at radius 3 is 2.44 bits per heavy atom. The fourth-order valence-corrected chi connectivity index (χ4v) is 3.94. The van der Waals surface area contributed by atoms with Crippen LogP contribution in [0.1, 0.15) is 26.4 Å². The van der Waals surface area contributed by atoms with Crippen LogP contribution in [0.3, 0.4) is 0 Å². The first kappa shape index (κ1) is 19.4. The summed E-state index contributed by atoms with van der Waals surface area (Å²) < 4.78 is 6.64. The standard InChI is InChI=1S/C24H15N3O5/c1-32-24(29)18-13-20(23(28)16-6-9-17(10-7-16)27(30)31)26-19(18)11-8-15-5-4-14-3-2-12-25-21(14)22(15)26/h2-13H,1H3. The molecule has 0 unspecified atom stereocenters. The van der Waals surface area contributed by atoms with Gasteiger partial charge in [-0.05, 0) is 30.3 Å². The topological polar surface area (TPSA) is 104 Å². The molecular weight excluding hydrogens is 410 g/mol. The van der Waals surface area contributed by atoms with E-state index in [1.165, 1.54) is 37.4 Å². The number of rotatable bonds is 4. The lowest BCUT2D eigenvalue weighted by molar-refractivity contribution is -0.384. The van der Waals surface area contributed by atoms with Gasteiger partial charge in [0.2, 0.25) is 5.78 Å². The van der Waals surface area contributed by atoms with Crippen molar-refractivity contribution in [2.24, 2.45) is 0 Å². The van der Waals surface area contributed by atoms with Crippen molar-refractivity contribution < 1.29 is 19.2 Å². The summed E-state index contributed by atoms with van der Waals surface area (Å²) >= 11 is 0. The first-order chi connectivity index (χ1) is 15.5. The zero-order valence-corrected chi connectivity index (χ0v) is 16.8. The average Bonchev–Trinajstić information content (AvgIpc) is 3.22. The number of aromatic nitrogens is 2. The zero-order valence-electron chi connectivity index (χ0n) is 16.8. The quantitative estimate of drug-likeness (QED) is 0.137. The second kappa shape index (κ2) is 7.28. The fourth-order valence-electron chi connectivity index (χ4n) is 3.94. The van der Waals surface area contributed by atoms with Gasteiger partial charge in [0.25, 0.3) is 5.69 Å². The number of carbonyl (C=O) groups is 2. The van der Waals surface area contributed by atoms with Crippen LogP contribution in [0.4, 0.5) is 5.69 Å². The molecule has 0 aliphatic carbocycles. The Bertz CT molecular complexity index is 1570. The number of methoxy groups -OCH3 is 1. The molecule has 0 saturated heterocycles. The van der Waals surface area contributed by atoms with Crippen molar-refractivity contribution in [2.75, 3.05) is 7.11 Å². The maximum absolute atomic E-state index is 13.5. The highest BCUT2D eigenvalue weighted by Gasteiger charge is 2.23. The van der Waals surface area contributed by atoms with Gasteiger partial charge in [0.15, 0.2) is 0 Å². The number of ether oxygens (including phenoxy) is 1. The zero-order chi connectivity index (χ0) is 22.4. The minimum absolute atomic E-state index is 0.113. The molecule has 5 aromatic rings. The van der Waals surface area contributed by atoms with Crippen LogP contribution in [-0.4, -0.2) is 33.2 Å². The van der Waals surface area contributed by atoms with Crippen molar-refractivity contribution in [3.05, 3.63) is 99.9 Å². The van der Waals surface area contributed by atoms with Gasteiger partial charge >= 0.3 is 5.97 Å². The SMILES string of the molecule is COC(=O)c1cc(C(=O)c2ccc([N+](=O)[O-])cc2)n2c1ccc1ccc3cccnc3c12. The van der Waals surface area contributed by atoms with Gasteiger partial charge < -0.3 is 9.14 Å². The van der Waals surface area contributed by atoms with E-state index in [0.29, 0.717) is 16.6 Å². The van der Waals surface area contributed by atoms with E-state index in [4.69, 9.17) is 4.74 Å². The minimum Gasteiger partial charge on any atom is -0.465 e. The highest BCUT2D eigenvalue weighted by Crippen LogP contribution is 2.30. The maximum Gasteiger partial charge on any atom is 0.340 e. The molecule has 5 rings (SSSR count). The van der Waals surface area contributed by atoms with Crippen LogP contribution >= 0.6 is 0 Å². The summed E-state index contributed by atoms with van der Waals surface area (Å²) in [6.45, 7) is 0. The highest BCUT2D eigenvalue weighted by atomic mass is 16.6. The maximum atomic E-state index is 13.5. The number of ketones is 1. The number of nitro benzene ring substituents is 1. The molecule has 8 heteroatoms. The van der Waals surface area contributed by atoms with E-state index in [-0.39, 0.29) is 28.3 Å². The van der Waals surface area contributed by atoms with Gasteiger partial charge in [-0.2, -0.15) is 0 Å². The first-order valence-corrected chi connectivity index (χ1v) is 9.69. The third kappa shape index (κ3) is 2.89. The van der Waals surface area contributed by atoms with Crippen LogP contribution in [0.2, 0.25) is 0 Å². The molecule has 3 heterocycles. The predicted molar refractivity (Wildman–Crippen MR) is 118 cm³/mol. The Balaban J connectivity index is 1.85. The third-order valence-corrected chi connectivity index (χ3v) is 5.44. The number of pyridine rings is 2. The Labute approximate surface area is 180 Å². The van der Waals surface area contributed by atoms with Gasteiger partial charge in [-0.1, -0.05) is 24.3 Å². The number of fused-ring (bicyclic) bond motifs is 5. The van der Waals surface area contributed by atoms with Gasteiger partial charge in [-0.25, -0.2) is 4.79 Å². The summed E-state index contributed by atoms with van der Waals surface area (Å²) in [5.74, 6) is -0.955. The molecule has 2 aromatic carbocycles. The van der Waals surface area contributed by atoms with E-state index in [1.54, 1.807) is 16.7 Å². The Kier molecular flexibility index (Phi) is 4.41. The number of hydrogen-bond acceptors (Lipinski definition) is 6. The number of nitrogens with zero attached hydrogens (tertiary/aromatic N) is 3. The normalized spacial score (nSPS) is 11.2. The number of esters is 1. The Morgan fingerprint density at radius 1 is 1.00 bits per heavy atom. The summed E-state index contributed by atoms with van der Waals surface area (Å²) in [6.07, 6.45) is 1.67. The summed E-state index contributed by atoms with van der Waals surface area (Å²) in [5, 5.41) is 12.7. The van der Waals surface area contributed by atoms with Gasteiger partial charge in [0.1, 0.15) is 0 Å². The second-order valence-electron chi connectivity index (χ2n) is 7.20. The smallest absolute Gasteiger partial charge is 0.340 e. The van der Waals surface area contributed by atoms with Crippen molar-refractivity contribution in [1.82, 2.24) is 9.38 Å². The molecule has 0 aliphatic rings. The fraction of sp³-hybridized carbons (Fsp3) is 0.0417. The molecule has 0 aliphatic heterocycles. The highest BCUT2D eigenvalue weighted by molar-refractivity contribution is 6.14. The average molecular weight is 425 g/mol. The largest absolute Gasteiger partial charge is 0.465 e. The number of carbonyl (C=O) groups excluding carboxylic acids is 2. The lowest BCUT2D eigenvalue weighted by Gasteiger charge is -2.10. The second-order valence-corrected chi connectivity index (χ2v) is 7.20. The van der Waals surface area contributed by atoms with Gasteiger partial charge in [-0.3, -0.25) is 19.9 Å². The Hall–Kier alpha value is -4.59. The number of hydrogen-bond donors (Lipinski definition) is 0. The molecule has 156 valence electrons. The monoisotopic (exact) mass is 425 g/mol. The Morgan fingerprint density at radius 2 is 1.72 bits per heavy atom. The van der Waals surface area contributed by atoms with Crippen LogP contribution in [0.25, 0.3) is 27.3 Å². The van der Waals surface area contributed by atoms with E-state index < -0.39 is 10.9 Å². The molecule has 0 saturated carbocycles. The molecule has 0 spiro atoms. The van der Waals surface area contributed by atoms with E-state index in [0.717, 1.165) is 10.8 Å². The first-order valence-electron chi connectivity index (χ1n) is 9.69. The molecular formula is C24H15N3O5. The third-order valence-electron chi connectivity index (χ3n) is 5.44. The lowest BCUT2D eigenvalue weighted by Crippen LogP contribution is -2.06. The summed E-state index contributed by atoms with van der Waals surface area (Å²) in [7, 11) is 1.28. The predicted octanol–water partition coefficient (Wildman–Crippen LogP) is 4.57. The number of benzene rings is 2. The van der Waals surface area contributed by atoms with E-state index >= 15 is 0 Å². The van der Waals surface area contributed by atoms with Crippen molar-refractivity contribution in [3.63, 3.8) is 0 Å². The molecule has 32 heavy (non-hydrogen) atoms. The molecule has 0 bridgehead atoms. The van der Waals surface area contributed by atoms with Gasteiger partial charge in [0, 0.05) is 34.7 Å².